The Hall–Kier alpha value is -4.96. The molecule has 0 aliphatic heterocycles. The smallest absolute Gasteiger partial charge is 0.0547 e. The molecule has 1 fully saturated rings. The molecule has 0 radical (unpaired) electrons. The highest BCUT2D eigenvalue weighted by Crippen LogP contribution is 2.57. The van der Waals surface area contributed by atoms with Crippen molar-refractivity contribution in [2.45, 2.75) is 50.4 Å². The molecule has 244 valence electrons. The molecule has 3 heterocycles. The fraction of sp³-hybridized carbons (Fsp3) is 0.167. The first-order chi connectivity index (χ1) is 25.2. The average molecular weight is 690 g/mol. The molecule has 3 aromatic heterocycles. The molecular formula is C48H35NS2. The first-order valence-corrected chi connectivity index (χ1v) is 20.2. The van der Waals surface area contributed by atoms with E-state index >= 15 is 0 Å². The molecule has 0 unspecified atom stereocenters. The lowest BCUT2D eigenvalue weighted by atomic mass is 9.68. The lowest BCUT2D eigenvalue weighted by molar-refractivity contribution is 0.353. The van der Waals surface area contributed by atoms with Gasteiger partial charge in [0, 0.05) is 57.0 Å². The number of hydrogen-bond acceptors (Lipinski definition) is 2. The molecule has 0 saturated heterocycles. The van der Waals surface area contributed by atoms with Crippen molar-refractivity contribution in [1.29, 1.82) is 0 Å². The van der Waals surface area contributed by atoms with Gasteiger partial charge in [0.1, 0.15) is 0 Å². The molecule has 0 N–H and O–H groups in total. The Morgan fingerprint density at radius 1 is 0.529 bits per heavy atom. The van der Waals surface area contributed by atoms with Gasteiger partial charge >= 0.3 is 0 Å². The van der Waals surface area contributed by atoms with E-state index < -0.39 is 0 Å². The van der Waals surface area contributed by atoms with E-state index in [1.54, 1.807) is 11.1 Å². The Morgan fingerprint density at radius 2 is 1.31 bits per heavy atom. The van der Waals surface area contributed by atoms with Gasteiger partial charge in [-0.05, 0) is 119 Å². The number of rotatable bonds is 2. The van der Waals surface area contributed by atoms with Crippen molar-refractivity contribution < 1.29 is 0 Å². The third-order valence-electron chi connectivity index (χ3n) is 12.4. The van der Waals surface area contributed by atoms with Crippen molar-refractivity contribution in [3.8, 4) is 27.9 Å². The summed E-state index contributed by atoms with van der Waals surface area (Å²) in [5.74, 6) is 0. The first kappa shape index (κ1) is 28.7. The average Bonchev–Trinajstić information content (AvgIpc) is 3.91. The van der Waals surface area contributed by atoms with Crippen molar-refractivity contribution in [2.24, 2.45) is 0 Å². The third-order valence-corrected chi connectivity index (χ3v) is 14.8. The molecule has 0 amide bonds. The topological polar surface area (TPSA) is 4.93 Å². The number of aromatic nitrogens is 1. The second kappa shape index (κ2) is 10.5. The summed E-state index contributed by atoms with van der Waals surface area (Å²) in [7, 11) is 0. The summed E-state index contributed by atoms with van der Waals surface area (Å²) in [5.41, 5.74) is 14.0. The summed E-state index contributed by atoms with van der Waals surface area (Å²) in [6.45, 7) is 0. The minimum atomic E-state index is 0.171. The number of fused-ring (bicyclic) bond motifs is 14. The van der Waals surface area contributed by atoms with Crippen molar-refractivity contribution in [3.63, 3.8) is 0 Å². The molecule has 3 heteroatoms. The van der Waals surface area contributed by atoms with Crippen LogP contribution in [-0.2, 0) is 11.8 Å². The largest absolute Gasteiger partial charge is 0.309 e. The lowest BCUT2D eigenvalue weighted by Crippen LogP contribution is -2.27. The highest BCUT2D eigenvalue weighted by Gasteiger charge is 2.43. The predicted octanol–water partition coefficient (Wildman–Crippen LogP) is 14.2. The zero-order chi connectivity index (χ0) is 33.3. The van der Waals surface area contributed by atoms with Crippen molar-refractivity contribution in [3.05, 3.63) is 143 Å². The summed E-state index contributed by atoms with van der Waals surface area (Å²) in [6.07, 6.45) is 13.5. The van der Waals surface area contributed by atoms with Gasteiger partial charge in [0.25, 0.3) is 0 Å². The molecule has 0 atom stereocenters. The number of nitrogens with zero attached hydrogens (tertiary/aromatic N) is 1. The quantitative estimate of drug-likeness (QED) is 0.170. The predicted molar refractivity (Wildman–Crippen MR) is 221 cm³/mol. The van der Waals surface area contributed by atoms with Crippen LogP contribution in [0.1, 0.15) is 60.1 Å². The van der Waals surface area contributed by atoms with Crippen molar-refractivity contribution >= 4 is 80.8 Å². The van der Waals surface area contributed by atoms with Crippen LogP contribution in [0, 0.1) is 0 Å². The normalized spacial score (nSPS) is 16.2. The van der Waals surface area contributed by atoms with Crippen LogP contribution in [0.5, 0.6) is 0 Å². The van der Waals surface area contributed by atoms with Crippen LogP contribution < -0.4 is 0 Å². The van der Waals surface area contributed by atoms with Gasteiger partial charge in [0.05, 0.1) is 11.0 Å². The first-order valence-electron chi connectivity index (χ1n) is 18.6. The highest BCUT2D eigenvalue weighted by atomic mass is 32.1. The second-order valence-electron chi connectivity index (χ2n) is 15.0. The van der Waals surface area contributed by atoms with Crippen LogP contribution in [0.2, 0.25) is 0 Å². The maximum atomic E-state index is 2.61. The standard InChI is InChI=1S/C48H35NS2/c1-8-22-48(23-9-1)40-13-5-2-10-32(40)36-28-47-39(27-41(36)48)37-24-29(17-20-45(37)51-47)30-16-19-34-33-11-3-6-14-42(33)49(43(34)25-30)31-18-21-46-38(26-31)35-12-4-7-15-44(35)50-46/h2-6,10-14,16-21,24-28H,1,7-9,15,22-23H2. The molecule has 51 heavy (non-hydrogen) atoms. The van der Waals surface area contributed by atoms with Crippen LogP contribution in [-0.4, -0.2) is 4.57 Å². The Bertz CT molecular complexity index is 2960. The van der Waals surface area contributed by atoms with E-state index in [-0.39, 0.29) is 5.41 Å². The lowest BCUT2D eigenvalue weighted by Gasteiger charge is -2.36. The molecule has 6 aromatic carbocycles. The van der Waals surface area contributed by atoms with Crippen molar-refractivity contribution in [1.82, 2.24) is 4.57 Å². The van der Waals surface area contributed by atoms with E-state index in [1.165, 1.54) is 123 Å². The summed E-state index contributed by atoms with van der Waals surface area (Å²) in [5, 5.41) is 6.79. The Balaban J connectivity index is 1.04. The molecule has 12 rings (SSSR count). The van der Waals surface area contributed by atoms with E-state index in [0.29, 0.717) is 0 Å². The van der Waals surface area contributed by atoms with E-state index in [1.807, 2.05) is 22.7 Å². The maximum absolute atomic E-state index is 2.61. The Kier molecular flexibility index (Phi) is 5.93. The minimum absolute atomic E-state index is 0.171. The van der Waals surface area contributed by atoms with Crippen LogP contribution in [0.15, 0.2) is 121 Å². The van der Waals surface area contributed by atoms with Gasteiger partial charge in [-0.15, -0.1) is 22.7 Å². The zero-order valence-electron chi connectivity index (χ0n) is 28.3. The Labute approximate surface area is 305 Å². The zero-order valence-corrected chi connectivity index (χ0v) is 30.0. The molecule has 1 saturated carbocycles. The molecule has 0 bridgehead atoms. The van der Waals surface area contributed by atoms with E-state index in [9.17, 15) is 0 Å². The molecule has 3 aliphatic rings. The molecule has 1 spiro atoms. The van der Waals surface area contributed by atoms with Crippen LogP contribution in [0.25, 0.3) is 86.1 Å². The highest BCUT2D eigenvalue weighted by molar-refractivity contribution is 7.25. The van der Waals surface area contributed by atoms with Crippen molar-refractivity contribution in [2.75, 3.05) is 0 Å². The van der Waals surface area contributed by atoms with Crippen LogP contribution in [0.3, 0.4) is 0 Å². The molecule has 9 aromatic rings. The fourth-order valence-corrected chi connectivity index (χ4v) is 12.4. The summed E-state index contributed by atoms with van der Waals surface area (Å²) in [4.78, 5) is 1.52. The van der Waals surface area contributed by atoms with Gasteiger partial charge in [-0.2, -0.15) is 0 Å². The fourth-order valence-electron chi connectivity index (χ4n) is 10.1. The monoisotopic (exact) mass is 689 g/mol. The van der Waals surface area contributed by atoms with Gasteiger partial charge in [0.15, 0.2) is 0 Å². The van der Waals surface area contributed by atoms with Gasteiger partial charge in [-0.1, -0.05) is 92.1 Å². The second-order valence-corrected chi connectivity index (χ2v) is 17.3. The summed E-state index contributed by atoms with van der Waals surface area (Å²) >= 11 is 3.91. The number of thiophene rings is 2. The van der Waals surface area contributed by atoms with Gasteiger partial charge in [0.2, 0.25) is 0 Å². The van der Waals surface area contributed by atoms with Gasteiger partial charge in [-0.3, -0.25) is 0 Å². The number of benzene rings is 6. The van der Waals surface area contributed by atoms with Gasteiger partial charge in [-0.25, -0.2) is 0 Å². The number of allylic oxidation sites excluding steroid dienone is 1. The summed E-state index contributed by atoms with van der Waals surface area (Å²) < 4.78 is 6.66. The van der Waals surface area contributed by atoms with Crippen LogP contribution in [0.4, 0.5) is 0 Å². The molecule has 3 aliphatic carbocycles. The van der Waals surface area contributed by atoms with Crippen LogP contribution >= 0.6 is 22.7 Å². The van der Waals surface area contributed by atoms with Gasteiger partial charge < -0.3 is 4.57 Å². The summed E-state index contributed by atoms with van der Waals surface area (Å²) in [6, 6.07) is 44.7. The van der Waals surface area contributed by atoms with E-state index in [0.717, 1.165) is 12.8 Å². The molecule has 1 nitrogen and oxygen atoms in total. The SMILES string of the molecule is C1=Cc2c(sc3ccc(-n4c5ccccc5c5ccc(-c6ccc7sc8cc9c(cc8c7c6)C6(CCCCC6)c6ccccc6-9)cc54)cc23)CC1. The Morgan fingerprint density at radius 3 is 2.27 bits per heavy atom. The number of aryl methyl sites for hydroxylation is 1. The minimum Gasteiger partial charge on any atom is -0.309 e. The maximum Gasteiger partial charge on any atom is 0.0547 e. The third kappa shape index (κ3) is 3.97. The number of para-hydroxylation sites is 1. The molecular weight excluding hydrogens is 655 g/mol. The van der Waals surface area contributed by atoms with E-state index in [4.69, 9.17) is 0 Å². The number of hydrogen-bond donors (Lipinski definition) is 0. The van der Waals surface area contributed by atoms with E-state index in [2.05, 4.69) is 132 Å².